The van der Waals surface area contributed by atoms with Gasteiger partial charge in [-0.3, -0.25) is 9.69 Å². The van der Waals surface area contributed by atoms with Crippen LogP contribution in [0.15, 0.2) is 79.3 Å². The van der Waals surface area contributed by atoms with Crippen molar-refractivity contribution in [2.45, 2.75) is 32.6 Å². The van der Waals surface area contributed by atoms with Gasteiger partial charge in [-0.15, -0.1) is 0 Å². The number of methoxy groups -OCH3 is 2. The first-order valence-corrected chi connectivity index (χ1v) is 12.5. The maximum atomic E-state index is 13.9. The second kappa shape index (κ2) is 12.4. The molecule has 0 fully saturated rings. The number of nitrogens with zero attached hydrogens (tertiary/aromatic N) is 4. The lowest BCUT2D eigenvalue weighted by molar-refractivity contribution is -0.123. The Labute approximate surface area is 227 Å². The van der Waals surface area contributed by atoms with Crippen LogP contribution in [0.25, 0.3) is 0 Å². The quantitative estimate of drug-likeness (QED) is 0.298. The summed E-state index contributed by atoms with van der Waals surface area (Å²) >= 11 is 0. The summed E-state index contributed by atoms with van der Waals surface area (Å²) in [6.45, 7) is 2.99. The topological polar surface area (TPSA) is 80.1 Å². The molecule has 1 N–H and O–H groups in total. The Morgan fingerprint density at radius 1 is 1.05 bits per heavy atom. The van der Waals surface area contributed by atoms with Gasteiger partial charge in [0.05, 0.1) is 38.8 Å². The van der Waals surface area contributed by atoms with Gasteiger partial charge in [0.1, 0.15) is 23.1 Å². The molecule has 204 valence electrons. The van der Waals surface area contributed by atoms with E-state index in [9.17, 15) is 14.3 Å². The third-order valence-electron chi connectivity index (χ3n) is 6.70. The summed E-state index contributed by atoms with van der Waals surface area (Å²) in [6.07, 6.45) is 3.46. The zero-order valence-corrected chi connectivity index (χ0v) is 22.5. The molecular weight excluding hydrogens is 499 g/mol. The van der Waals surface area contributed by atoms with Crippen molar-refractivity contribution in [3.8, 4) is 17.2 Å². The average Bonchev–Trinajstić information content (AvgIpc) is 3.36. The number of aromatic hydroxyl groups is 1. The Morgan fingerprint density at radius 3 is 2.56 bits per heavy atom. The summed E-state index contributed by atoms with van der Waals surface area (Å²) < 4.78 is 26.5. The number of likely N-dealkylation sites (N-methyl/N-ethyl adjacent to an activating group) is 1. The summed E-state index contributed by atoms with van der Waals surface area (Å²) in [5.74, 6) is 0.862. The van der Waals surface area contributed by atoms with E-state index in [1.54, 1.807) is 68.0 Å². The van der Waals surface area contributed by atoms with Crippen LogP contribution in [-0.4, -0.2) is 52.8 Å². The summed E-state index contributed by atoms with van der Waals surface area (Å²) in [4.78, 5) is 21.8. The number of aromatic nitrogens is 2. The maximum absolute atomic E-state index is 13.9. The van der Waals surface area contributed by atoms with E-state index >= 15 is 0 Å². The molecule has 0 spiro atoms. The summed E-state index contributed by atoms with van der Waals surface area (Å²) in [5, 5.41) is 10.1. The highest BCUT2D eigenvalue weighted by molar-refractivity contribution is 5.97. The third-order valence-corrected chi connectivity index (χ3v) is 6.70. The van der Waals surface area contributed by atoms with E-state index < -0.39 is 6.04 Å². The Morgan fingerprint density at radius 2 is 1.85 bits per heavy atom. The fourth-order valence-corrected chi connectivity index (χ4v) is 4.37. The van der Waals surface area contributed by atoms with Crippen molar-refractivity contribution in [3.05, 3.63) is 102 Å². The third kappa shape index (κ3) is 6.74. The SMILES string of the molecule is COc1ccc(CN(C(=O)C(C)N(C)Cc2cncn2Cc2cccc(F)c2)c2cccc(O)c2)c(OC)c1. The molecule has 0 aliphatic carbocycles. The first-order valence-electron chi connectivity index (χ1n) is 12.5. The molecule has 0 aliphatic rings. The van der Waals surface area contributed by atoms with Gasteiger partial charge in [-0.2, -0.15) is 0 Å². The molecule has 3 aromatic carbocycles. The molecule has 4 rings (SSSR count). The minimum atomic E-state index is -0.519. The molecule has 1 amide bonds. The molecule has 9 heteroatoms. The van der Waals surface area contributed by atoms with Crippen molar-refractivity contribution in [3.63, 3.8) is 0 Å². The number of hydrogen-bond acceptors (Lipinski definition) is 6. The average molecular weight is 533 g/mol. The lowest BCUT2D eigenvalue weighted by Gasteiger charge is -2.31. The molecular formula is C30H33FN4O4. The second-order valence-electron chi connectivity index (χ2n) is 9.36. The number of hydrogen-bond donors (Lipinski definition) is 1. The van der Waals surface area contributed by atoms with Gasteiger partial charge in [-0.05, 0) is 55.9 Å². The first kappa shape index (κ1) is 27.7. The molecule has 0 radical (unpaired) electrons. The molecule has 1 atom stereocenters. The molecule has 8 nitrogen and oxygen atoms in total. The highest BCUT2D eigenvalue weighted by atomic mass is 19.1. The fraction of sp³-hybridized carbons (Fsp3) is 0.267. The van der Waals surface area contributed by atoms with Crippen LogP contribution >= 0.6 is 0 Å². The molecule has 0 bridgehead atoms. The number of ether oxygens (including phenoxy) is 2. The number of rotatable bonds is 11. The Bertz CT molecular complexity index is 1420. The van der Waals surface area contributed by atoms with E-state index in [4.69, 9.17) is 9.47 Å². The van der Waals surface area contributed by atoms with E-state index in [0.29, 0.717) is 30.3 Å². The number of phenols is 1. The Kier molecular flexibility index (Phi) is 8.83. The Balaban J connectivity index is 1.56. The highest BCUT2D eigenvalue weighted by Crippen LogP contribution is 2.29. The number of imidazole rings is 1. The van der Waals surface area contributed by atoms with Gasteiger partial charge in [-0.1, -0.05) is 18.2 Å². The predicted octanol–water partition coefficient (Wildman–Crippen LogP) is 4.85. The number of carbonyl (C=O) groups excluding carboxylic acids is 1. The normalized spacial score (nSPS) is 11.8. The standard InChI is InChI=1S/C30H33FN4O4/c1-21(33(2)19-26-16-32-20-34(26)17-22-7-5-8-24(31)13-22)30(37)35(25-9-6-10-27(36)14-25)18-23-11-12-28(38-3)15-29(23)39-4/h5-16,20-21,36H,17-19H2,1-4H3. The van der Waals surface area contributed by atoms with Crippen LogP contribution in [0.5, 0.6) is 17.2 Å². The van der Waals surface area contributed by atoms with Gasteiger partial charge < -0.3 is 24.0 Å². The zero-order valence-electron chi connectivity index (χ0n) is 22.5. The van der Waals surface area contributed by atoms with Gasteiger partial charge in [0, 0.05) is 42.7 Å². The van der Waals surface area contributed by atoms with Crippen molar-refractivity contribution < 1.29 is 23.8 Å². The number of carbonyl (C=O) groups is 1. The van der Waals surface area contributed by atoms with Crippen LogP contribution in [0.2, 0.25) is 0 Å². The molecule has 0 saturated carbocycles. The van der Waals surface area contributed by atoms with E-state index in [1.165, 1.54) is 12.1 Å². The van der Waals surface area contributed by atoms with Gasteiger partial charge in [-0.25, -0.2) is 9.37 Å². The van der Waals surface area contributed by atoms with E-state index in [1.807, 2.05) is 41.6 Å². The molecule has 0 saturated heterocycles. The van der Waals surface area contributed by atoms with E-state index in [2.05, 4.69) is 4.98 Å². The fourth-order valence-electron chi connectivity index (χ4n) is 4.37. The van der Waals surface area contributed by atoms with Gasteiger partial charge in [0.15, 0.2) is 0 Å². The zero-order chi connectivity index (χ0) is 27.9. The molecule has 1 unspecified atom stereocenters. The summed E-state index contributed by atoms with van der Waals surface area (Å²) in [7, 11) is 5.03. The monoisotopic (exact) mass is 532 g/mol. The van der Waals surface area contributed by atoms with Crippen molar-refractivity contribution in [1.82, 2.24) is 14.5 Å². The summed E-state index contributed by atoms with van der Waals surface area (Å²) in [6, 6.07) is 18.0. The van der Waals surface area contributed by atoms with Crippen molar-refractivity contribution >= 4 is 11.6 Å². The molecule has 39 heavy (non-hydrogen) atoms. The second-order valence-corrected chi connectivity index (χ2v) is 9.36. The Hall–Kier alpha value is -4.37. The number of phenolic OH excluding ortho intramolecular Hbond substituents is 1. The molecule has 0 aliphatic heterocycles. The smallest absolute Gasteiger partial charge is 0.244 e. The largest absolute Gasteiger partial charge is 0.508 e. The summed E-state index contributed by atoms with van der Waals surface area (Å²) in [5.41, 5.74) is 3.07. The lowest BCUT2D eigenvalue weighted by atomic mass is 10.1. The van der Waals surface area contributed by atoms with Gasteiger partial charge in [0.2, 0.25) is 5.91 Å². The van der Waals surface area contributed by atoms with E-state index in [0.717, 1.165) is 16.8 Å². The van der Waals surface area contributed by atoms with Crippen molar-refractivity contribution in [1.29, 1.82) is 0 Å². The van der Waals surface area contributed by atoms with Crippen LogP contribution < -0.4 is 14.4 Å². The molecule has 1 heterocycles. The number of anilines is 1. The van der Waals surface area contributed by atoms with Crippen molar-refractivity contribution in [2.24, 2.45) is 0 Å². The molecule has 4 aromatic rings. The highest BCUT2D eigenvalue weighted by Gasteiger charge is 2.27. The minimum Gasteiger partial charge on any atom is -0.508 e. The van der Waals surface area contributed by atoms with Crippen LogP contribution in [-0.2, 0) is 24.4 Å². The lowest BCUT2D eigenvalue weighted by Crippen LogP contribution is -2.45. The van der Waals surface area contributed by atoms with Gasteiger partial charge >= 0.3 is 0 Å². The number of halogens is 1. The minimum absolute atomic E-state index is 0.0641. The molecule has 1 aromatic heterocycles. The first-order chi connectivity index (χ1) is 18.8. The van der Waals surface area contributed by atoms with Crippen LogP contribution in [0.4, 0.5) is 10.1 Å². The van der Waals surface area contributed by atoms with Crippen LogP contribution in [0, 0.1) is 5.82 Å². The maximum Gasteiger partial charge on any atom is 0.244 e. The van der Waals surface area contributed by atoms with Gasteiger partial charge in [0.25, 0.3) is 0 Å². The van der Waals surface area contributed by atoms with Crippen molar-refractivity contribution in [2.75, 3.05) is 26.2 Å². The van der Waals surface area contributed by atoms with Crippen LogP contribution in [0.1, 0.15) is 23.7 Å². The number of amides is 1. The predicted molar refractivity (Wildman–Crippen MR) is 148 cm³/mol. The van der Waals surface area contributed by atoms with Crippen LogP contribution in [0.3, 0.4) is 0 Å². The van der Waals surface area contributed by atoms with E-state index in [-0.39, 0.29) is 24.0 Å². The number of benzene rings is 3.